The lowest BCUT2D eigenvalue weighted by atomic mass is 9.90. The zero-order valence-electron chi connectivity index (χ0n) is 10.9. The molecular weight excluding hydrogens is 243 g/mol. The van der Waals surface area contributed by atoms with Gasteiger partial charge in [0.15, 0.2) is 0 Å². The predicted molar refractivity (Wildman–Crippen MR) is 65.4 cm³/mol. The van der Waals surface area contributed by atoms with Crippen LogP contribution in [0.2, 0.25) is 0 Å². The largest absolute Gasteiger partial charge is 0.488 e. The van der Waals surface area contributed by atoms with Gasteiger partial charge in [0.05, 0.1) is 11.3 Å². The van der Waals surface area contributed by atoms with Gasteiger partial charge < -0.3 is 10.5 Å². The van der Waals surface area contributed by atoms with E-state index in [2.05, 4.69) is 0 Å². The second-order valence-corrected chi connectivity index (χ2v) is 5.38. The molecule has 1 aromatic rings. The highest BCUT2D eigenvalue weighted by Crippen LogP contribution is 2.35. The van der Waals surface area contributed by atoms with Crippen LogP contribution in [0.5, 0.6) is 5.75 Å². The zero-order valence-corrected chi connectivity index (χ0v) is 10.9. The fourth-order valence-corrected chi connectivity index (χ4v) is 1.20. The molecule has 1 aromatic carbocycles. The molecule has 1 atom stereocenters. The first-order chi connectivity index (χ1) is 8.01. The molecule has 0 heterocycles. The number of alkyl halides is 3. The Kier molecular flexibility index (Phi) is 3.84. The molecule has 5 heteroatoms. The van der Waals surface area contributed by atoms with Crippen LogP contribution in [0.4, 0.5) is 18.9 Å². The highest BCUT2D eigenvalue weighted by Gasteiger charge is 2.31. The van der Waals surface area contributed by atoms with Crippen molar-refractivity contribution in [1.29, 1.82) is 0 Å². The summed E-state index contributed by atoms with van der Waals surface area (Å²) in [6, 6.07) is 3.13. The smallest absolute Gasteiger partial charge is 0.416 e. The van der Waals surface area contributed by atoms with Crippen LogP contribution in [-0.4, -0.2) is 6.10 Å². The van der Waals surface area contributed by atoms with E-state index in [-0.39, 0.29) is 23.0 Å². The van der Waals surface area contributed by atoms with Gasteiger partial charge in [0.2, 0.25) is 0 Å². The van der Waals surface area contributed by atoms with Crippen LogP contribution >= 0.6 is 0 Å². The Balaban J connectivity index is 2.94. The second-order valence-electron chi connectivity index (χ2n) is 5.38. The molecule has 2 nitrogen and oxygen atoms in total. The van der Waals surface area contributed by atoms with E-state index in [1.165, 1.54) is 6.07 Å². The van der Waals surface area contributed by atoms with Crippen LogP contribution in [-0.2, 0) is 6.18 Å². The molecule has 102 valence electrons. The van der Waals surface area contributed by atoms with Crippen LogP contribution in [0, 0.1) is 5.41 Å². The molecule has 0 radical (unpaired) electrons. The van der Waals surface area contributed by atoms with Gasteiger partial charge in [-0.1, -0.05) is 20.8 Å². The molecule has 0 fully saturated rings. The van der Waals surface area contributed by atoms with Crippen molar-refractivity contribution >= 4 is 5.69 Å². The molecule has 0 spiro atoms. The molecule has 1 unspecified atom stereocenters. The second kappa shape index (κ2) is 4.71. The van der Waals surface area contributed by atoms with Crippen LogP contribution in [0.15, 0.2) is 18.2 Å². The molecule has 0 bridgehead atoms. The maximum absolute atomic E-state index is 12.5. The highest BCUT2D eigenvalue weighted by atomic mass is 19.4. The van der Waals surface area contributed by atoms with Gasteiger partial charge in [0, 0.05) is 0 Å². The van der Waals surface area contributed by atoms with Crippen molar-refractivity contribution in [3.8, 4) is 5.75 Å². The fourth-order valence-electron chi connectivity index (χ4n) is 1.20. The molecule has 1 rings (SSSR count). The van der Waals surface area contributed by atoms with Gasteiger partial charge >= 0.3 is 6.18 Å². The minimum atomic E-state index is -4.39. The van der Waals surface area contributed by atoms with Crippen LogP contribution in [0.3, 0.4) is 0 Å². The van der Waals surface area contributed by atoms with E-state index in [1.54, 1.807) is 0 Å². The number of hydrogen-bond acceptors (Lipinski definition) is 2. The Bertz CT molecular complexity index is 421. The number of rotatable bonds is 2. The van der Waals surface area contributed by atoms with E-state index in [0.29, 0.717) is 0 Å². The summed E-state index contributed by atoms with van der Waals surface area (Å²) >= 11 is 0. The number of nitrogens with two attached hydrogens (primary N) is 1. The van der Waals surface area contributed by atoms with Crippen molar-refractivity contribution < 1.29 is 17.9 Å². The monoisotopic (exact) mass is 261 g/mol. The van der Waals surface area contributed by atoms with Crippen molar-refractivity contribution in [2.24, 2.45) is 5.41 Å². The molecule has 0 saturated heterocycles. The summed E-state index contributed by atoms with van der Waals surface area (Å²) in [5.41, 5.74) is 4.70. The number of halogens is 3. The third kappa shape index (κ3) is 3.55. The molecule has 18 heavy (non-hydrogen) atoms. The van der Waals surface area contributed by atoms with E-state index < -0.39 is 11.7 Å². The number of benzene rings is 1. The van der Waals surface area contributed by atoms with E-state index in [1.807, 2.05) is 27.7 Å². The lowest BCUT2D eigenvalue weighted by Gasteiger charge is -2.28. The Morgan fingerprint density at radius 3 is 2.11 bits per heavy atom. The molecular formula is C13H18F3NO. The highest BCUT2D eigenvalue weighted by molar-refractivity contribution is 5.54. The summed E-state index contributed by atoms with van der Waals surface area (Å²) in [6.45, 7) is 7.81. The Labute approximate surface area is 105 Å². The van der Waals surface area contributed by atoms with E-state index in [9.17, 15) is 13.2 Å². The number of nitrogen functional groups attached to an aromatic ring is 1. The van der Waals surface area contributed by atoms with Gasteiger partial charge in [-0.15, -0.1) is 0 Å². The average Bonchev–Trinajstić information content (AvgIpc) is 2.17. The van der Waals surface area contributed by atoms with Gasteiger partial charge in [-0.3, -0.25) is 0 Å². The van der Waals surface area contributed by atoms with Crippen molar-refractivity contribution in [2.45, 2.75) is 40.0 Å². The topological polar surface area (TPSA) is 35.2 Å². The van der Waals surface area contributed by atoms with Crippen molar-refractivity contribution in [3.05, 3.63) is 23.8 Å². The van der Waals surface area contributed by atoms with Gasteiger partial charge in [0.25, 0.3) is 0 Å². The van der Waals surface area contributed by atoms with Gasteiger partial charge in [-0.2, -0.15) is 13.2 Å². The third-order valence-corrected chi connectivity index (χ3v) is 2.86. The summed E-state index contributed by atoms with van der Waals surface area (Å²) in [4.78, 5) is 0. The fraction of sp³-hybridized carbons (Fsp3) is 0.538. The molecule has 0 aromatic heterocycles. The summed E-state index contributed by atoms with van der Waals surface area (Å²) in [7, 11) is 0. The van der Waals surface area contributed by atoms with E-state index in [4.69, 9.17) is 10.5 Å². The molecule has 0 aliphatic heterocycles. The minimum absolute atomic E-state index is 0.000856. The molecule has 0 saturated carbocycles. The van der Waals surface area contributed by atoms with Gasteiger partial charge in [0.1, 0.15) is 11.9 Å². The van der Waals surface area contributed by atoms with Crippen molar-refractivity contribution in [3.63, 3.8) is 0 Å². The SMILES string of the molecule is CC(Oc1ccc(C(F)(F)F)cc1N)C(C)(C)C. The normalized spacial score (nSPS) is 14.4. The summed E-state index contributed by atoms with van der Waals surface area (Å²) in [5.74, 6) is 0.283. The summed E-state index contributed by atoms with van der Waals surface area (Å²) in [5, 5.41) is 0. The number of ether oxygens (including phenoxy) is 1. The molecule has 0 amide bonds. The van der Waals surface area contributed by atoms with E-state index >= 15 is 0 Å². The van der Waals surface area contributed by atoms with Crippen LogP contribution in [0.25, 0.3) is 0 Å². The first kappa shape index (κ1) is 14.7. The predicted octanol–water partition coefficient (Wildman–Crippen LogP) is 4.10. The third-order valence-electron chi connectivity index (χ3n) is 2.86. The summed E-state index contributed by atoms with van der Waals surface area (Å²) in [6.07, 6.45) is -4.54. The minimum Gasteiger partial charge on any atom is -0.488 e. The first-order valence-corrected chi connectivity index (χ1v) is 5.65. The zero-order chi connectivity index (χ0) is 14.1. The lowest BCUT2D eigenvalue weighted by Crippen LogP contribution is -2.29. The van der Waals surface area contributed by atoms with E-state index in [0.717, 1.165) is 12.1 Å². The molecule has 0 aliphatic rings. The Hall–Kier alpha value is -1.39. The Morgan fingerprint density at radius 2 is 1.72 bits per heavy atom. The average molecular weight is 261 g/mol. The van der Waals surface area contributed by atoms with Gasteiger partial charge in [-0.05, 0) is 30.5 Å². The Morgan fingerprint density at radius 1 is 1.17 bits per heavy atom. The maximum Gasteiger partial charge on any atom is 0.416 e. The lowest BCUT2D eigenvalue weighted by molar-refractivity contribution is -0.137. The summed E-state index contributed by atoms with van der Waals surface area (Å²) < 4.78 is 42.9. The van der Waals surface area contributed by atoms with Gasteiger partial charge in [-0.25, -0.2) is 0 Å². The van der Waals surface area contributed by atoms with Crippen molar-refractivity contribution in [1.82, 2.24) is 0 Å². The first-order valence-electron chi connectivity index (χ1n) is 5.65. The number of anilines is 1. The quantitative estimate of drug-likeness (QED) is 0.813. The molecule has 0 aliphatic carbocycles. The molecule has 2 N–H and O–H groups in total. The van der Waals surface area contributed by atoms with Crippen molar-refractivity contribution in [2.75, 3.05) is 5.73 Å². The maximum atomic E-state index is 12.5. The number of hydrogen-bond donors (Lipinski definition) is 1. The standard InChI is InChI=1S/C13H18F3NO/c1-8(12(2,3)4)18-11-6-5-9(7-10(11)17)13(14,15)16/h5-8H,17H2,1-4H3. The van der Waals surface area contributed by atoms with Crippen LogP contribution in [0.1, 0.15) is 33.3 Å². The van der Waals surface area contributed by atoms with Crippen LogP contribution < -0.4 is 10.5 Å².